The zero-order valence-electron chi connectivity index (χ0n) is 14.6. The van der Waals surface area contributed by atoms with Gasteiger partial charge in [-0.2, -0.15) is 0 Å². The number of rotatable bonds is 6. The third kappa shape index (κ3) is 4.92. The van der Waals surface area contributed by atoms with Gasteiger partial charge in [-0.15, -0.1) is 0 Å². The second kappa shape index (κ2) is 8.47. The predicted octanol–water partition coefficient (Wildman–Crippen LogP) is 2.52. The van der Waals surface area contributed by atoms with Crippen molar-refractivity contribution in [2.45, 2.75) is 71.3 Å². The van der Waals surface area contributed by atoms with Crippen LogP contribution in [-0.2, 0) is 14.8 Å². The lowest BCUT2D eigenvalue weighted by Gasteiger charge is -2.34. The standard InChI is InChI=1S/C17H32N2O3S/c1-3-16(14-8-6-5-7-9-14)18-17(20)15-10-12-19(13-11-15)23(21,22)4-2/h14-16H,3-13H2,1-2H3,(H,18,20)/t16-/m0/s1. The van der Waals surface area contributed by atoms with Gasteiger partial charge in [-0.1, -0.05) is 26.2 Å². The van der Waals surface area contributed by atoms with Crippen molar-refractivity contribution in [1.29, 1.82) is 0 Å². The molecule has 1 heterocycles. The number of carbonyl (C=O) groups excluding carboxylic acids is 1. The normalized spacial score (nSPS) is 23.6. The fourth-order valence-corrected chi connectivity index (χ4v) is 5.10. The second-order valence-corrected chi connectivity index (χ2v) is 9.25. The van der Waals surface area contributed by atoms with Crippen LogP contribution < -0.4 is 5.32 Å². The van der Waals surface area contributed by atoms with E-state index in [0.717, 1.165) is 6.42 Å². The molecule has 0 aromatic rings. The van der Waals surface area contributed by atoms with E-state index in [-0.39, 0.29) is 17.6 Å². The number of hydrogen-bond donors (Lipinski definition) is 1. The molecule has 2 fully saturated rings. The average molecular weight is 345 g/mol. The van der Waals surface area contributed by atoms with E-state index < -0.39 is 10.0 Å². The van der Waals surface area contributed by atoms with Gasteiger partial charge in [-0.25, -0.2) is 12.7 Å². The highest BCUT2D eigenvalue weighted by molar-refractivity contribution is 7.89. The van der Waals surface area contributed by atoms with E-state index in [9.17, 15) is 13.2 Å². The highest BCUT2D eigenvalue weighted by atomic mass is 32.2. The van der Waals surface area contributed by atoms with Crippen molar-refractivity contribution in [1.82, 2.24) is 9.62 Å². The number of nitrogens with one attached hydrogen (secondary N) is 1. The molecule has 1 amide bonds. The summed E-state index contributed by atoms with van der Waals surface area (Å²) in [6.45, 7) is 4.78. The van der Waals surface area contributed by atoms with Gasteiger partial charge in [-0.3, -0.25) is 4.79 Å². The molecule has 0 radical (unpaired) electrons. The molecule has 134 valence electrons. The average Bonchev–Trinajstić information content (AvgIpc) is 2.60. The maximum Gasteiger partial charge on any atom is 0.223 e. The smallest absolute Gasteiger partial charge is 0.223 e. The van der Waals surface area contributed by atoms with Gasteiger partial charge in [0.05, 0.1) is 5.75 Å². The summed E-state index contributed by atoms with van der Waals surface area (Å²) in [4.78, 5) is 12.6. The van der Waals surface area contributed by atoms with E-state index in [4.69, 9.17) is 0 Å². The van der Waals surface area contributed by atoms with Crippen molar-refractivity contribution in [3.8, 4) is 0 Å². The van der Waals surface area contributed by atoms with Gasteiger partial charge in [-0.05, 0) is 44.9 Å². The first-order valence-electron chi connectivity index (χ1n) is 9.26. The zero-order valence-corrected chi connectivity index (χ0v) is 15.4. The first-order valence-corrected chi connectivity index (χ1v) is 10.9. The fourth-order valence-electron chi connectivity index (χ4n) is 3.97. The summed E-state index contributed by atoms with van der Waals surface area (Å²) in [6, 6.07) is 0.292. The van der Waals surface area contributed by atoms with Gasteiger partial charge in [0.25, 0.3) is 0 Å². The Bertz CT molecular complexity index is 478. The Morgan fingerprint density at radius 3 is 2.22 bits per heavy atom. The molecule has 6 heteroatoms. The predicted molar refractivity (Wildman–Crippen MR) is 92.6 cm³/mol. The largest absolute Gasteiger partial charge is 0.353 e. The van der Waals surface area contributed by atoms with Crippen molar-refractivity contribution in [3.63, 3.8) is 0 Å². The maximum atomic E-state index is 12.6. The van der Waals surface area contributed by atoms with E-state index in [1.54, 1.807) is 6.92 Å². The topological polar surface area (TPSA) is 66.5 Å². The van der Waals surface area contributed by atoms with Crippen LogP contribution in [0.25, 0.3) is 0 Å². The summed E-state index contributed by atoms with van der Waals surface area (Å²) in [6.07, 6.45) is 8.62. The second-order valence-electron chi connectivity index (χ2n) is 7.00. The van der Waals surface area contributed by atoms with Crippen LogP contribution in [0.15, 0.2) is 0 Å². The Morgan fingerprint density at radius 2 is 1.70 bits per heavy atom. The molecule has 1 saturated carbocycles. The van der Waals surface area contributed by atoms with E-state index in [1.165, 1.54) is 36.4 Å². The van der Waals surface area contributed by atoms with Crippen LogP contribution >= 0.6 is 0 Å². The summed E-state index contributed by atoms with van der Waals surface area (Å²) < 4.78 is 25.3. The molecule has 0 bridgehead atoms. The number of piperidine rings is 1. The zero-order chi connectivity index (χ0) is 16.9. The first-order chi connectivity index (χ1) is 11.0. The Kier molecular flexibility index (Phi) is 6.89. The molecule has 0 aromatic heterocycles. The molecule has 1 aliphatic heterocycles. The van der Waals surface area contributed by atoms with Crippen LogP contribution in [0, 0.1) is 11.8 Å². The SMILES string of the molecule is CC[C@H](NC(=O)C1CCN(S(=O)(=O)CC)CC1)C1CCCCC1. The van der Waals surface area contributed by atoms with Gasteiger partial charge >= 0.3 is 0 Å². The summed E-state index contributed by atoms with van der Waals surface area (Å²) in [5, 5.41) is 3.27. The number of carbonyl (C=O) groups is 1. The number of amides is 1. The Labute approximate surface area is 141 Å². The van der Waals surface area contributed by atoms with Gasteiger partial charge in [0.15, 0.2) is 0 Å². The van der Waals surface area contributed by atoms with Crippen LogP contribution in [0.3, 0.4) is 0 Å². The fraction of sp³-hybridized carbons (Fsp3) is 0.941. The Morgan fingerprint density at radius 1 is 1.09 bits per heavy atom. The van der Waals surface area contributed by atoms with Crippen LogP contribution in [0.5, 0.6) is 0 Å². The minimum atomic E-state index is -3.11. The van der Waals surface area contributed by atoms with Crippen molar-refractivity contribution < 1.29 is 13.2 Å². The van der Waals surface area contributed by atoms with Gasteiger partial charge in [0, 0.05) is 25.0 Å². The minimum absolute atomic E-state index is 0.0315. The van der Waals surface area contributed by atoms with Crippen LogP contribution in [0.2, 0.25) is 0 Å². The lowest BCUT2D eigenvalue weighted by atomic mass is 9.82. The number of hydrogen-bond acceptors (Lipinski definition) is 3. The van der Waals surface area contributed by atoms with E-state index in [0.29, 0.717) is 37.9 Å². The maximum absolute atomic E-state index is 12.6. The molecule has 1 atom stereocenters. The van der Waals surface area contributed by atoms with E-state index in [1.807, 2.05) is 0 Å². The first kappa shape index (κ1) is 18.7. The monoisotopic (exact) mass is 344 g/mol. The van der Waals surface area contributed by atoms with Crippen molar-refractivity contribution in [2.75, 3.05) is 18.8 Å². The summed E-state index contributed by atoms with van der Waals surface area (Å²) in [7, 11) is -3.11. The van der Waals surface area contributed by atoms with Crippen molar-refractivity contribution in [3.05, 3.63) is 0 Å². The lowest BCUT2D eigenvalue weighted by molar-refractivity contribution is -0.127. The third-order valence-electron chi connectivity index (χ3n) is 5.57. The van der Waals surface area contributed by atoms with Crippen molar-refractivity contribution >= 4 is 15.9 Å². The summed E-state index contributed by atoms with van der Waals surface area (Å²) in [5.41, 5.74) is 0. The molecule has 2 aliphatic rings. The molecular formula is C17H32N2O3S. The molecule has 0 spiro atoms. The summed E-state index contributed by atoms with van der Waals surface area (Å²) >= 11 is 0. The molecule has 1 N–H and O–H groups in total. The van der Waals surface area contributed by atoms with E-state index >= 15 is 0 Å². The molecule has 5 nitrogen and oxygen atoms in total. The number of nitrogens with zero attached hydrogens (tertiary/aromatic N) is 1. The highest BCUT2D eigenvalue weighted by Crippen LogP contribution is 2.28. The third-order valence-corrected chi connectivity index (χ3v) is 7.45. The minimum Gasteiger partial charge on any atom is -0.353 e. The molecular weight excluding hydrogens is 312 g/mol. The summed E-state index contributed by atoms with van der Waals surface area (Å²) in [5.74, 6) is 0.869. The van der Waals surface area contributed by atoms with Crippen LogP contribution in [0.1, 0.15) is 65.2 Å². The van der Waals surface area contributed by atoms with Gasteiger partial charge < -0.3 is 5.32 Å². The lowest BCUT2D eigenvalue weighted by Crippen LogP contribution is -2.47. The van der Waals surface area contributed by atoms with Crippen LogP contribution in [0.4, 0.5) is 0 Å². The molecule has 2 rings (SSSR count). The Balaban J connectivity index is 1.84. The van der Waals surface area contributed by atoms with E-state index in [2.05, 4.69) is 12.2 Å². The molecule has 23 heavy (non-hydrogen) atoms. The van der Waals surface area contributed by atoms with Crippen molar-refractivity contribution in [2.24, 2.45) is 11.8 Å². The molecule has 1 saturated heterocycles. The highest BCUT2D eigenvalue weighted by Gasteiger charge is 2.32. The molecule has 1 aliphatic carbocycles. The molecule has 0 aromatic carbocycles. The van der Waals surface area contributed by atoms with Gasteiger partial charge in [0.2, 0.25) is 15.9 Å². The molecule has 0 unspecified atom stereocenters. The van der Waals surface area contributed by atoms with Gasteiger partial charge in [0.1, 0.15) is 0 Å². The Hall–Kier alpha value is -0.620. The number of sulfonamides is 1. The van der Waals surface area contributed by atoms with Crippen LogP contribution in [-0.4, -0.2) is 43.5 Å². The quantitative estimate of drug-likeness (QED) is 0.805.